The highest BCUT2D eigenvalue weighted by Gasteiger charge is 2.05. The summed E-state index contributed by atoms with van der Waals surface area (Å²) in [5.41, 5.74) is 3.32. The average molecular weight is 349 g/mol. The number of halogens is 2. The van der Waals surface area contributed by atoms with Crippen molar-refractivity contribution in [1.29, 1.82) is 5.26 Å². The van der Waals surface area contributed by atoms with Crippen molar-refractivity contribution in [3.63, 3.8) is 0 Å². The molecule has 7 heteroatoms. The summed E-state index contributed by atoms with van der Waals surface area (Å²) in [6.07, 6.45) is 1.66. The Balaban J connectivity index is 0.00000176. The number of nitrogens with zero attached hydrogens (tertiary/aromatic N) is 3. The number of anilines is 2. The molecule has 2 aromatic heterocycles. The van der Waals surface area contributed by atoms with Gasteiger partial charge < -0.3 is 5.32 Å². The molecule has 0 fully saturated rings. The zero-order valence-corrected chi connectivity index (χ0v) is 13.5. The van der Waals surface area contributed by atoms with E-state index >= 15 is 0 Å². The van der Waals surface area contributed by atoms with E-state index in [0.717, 1.165) is 22.1 Å². The predicted octanol–water partition coefficient (Wildman–Crippen LogP) is 4.90. The van der Waals surface area contributed by atoms with E-state index in [-0.39, 0.29) is 12.4 Å². The molecule has 2 heterocycles. The standard InChI is InChI=1S/C15H9ClN4S.ClH/c16-14-6-5-12(8-18-14)19-15-20-13(9-21-15)11-3-1-10(7-17)2-4-11;/h1-6,8-9H,(H,19,20);1H. The maximum atomic E-state index is 8.80. The van der Waals surface area contributed by atoms with Crippen molar-refractivity contribution in [2.24, 2.45) is 0 Å². The Morgan fingerprint density at radius 1 is 1.14 bits per heavy atom. The molecule has 0 aliphatic rings. The minimum atomic E-state index is 0. The summed E-state index contributed by atoms with van der Waals surface area (Å²) >= 11 is 7.25. The van der Waals surface area contributed by atoms with E-state index < -0.39 is 0 Å². The second kappa shape index (κ2) is 7.23. The lowest BCUT2D eigenvalue weighted by Crippen LogP contribution is -1.90. The van der Waals surface area contributed by atoms with Gasteiger partial charge in [-0.1, -0.05) is 23.7 Å². The van der Waals surface area contributed by atoms with Gasteiger partial charge >= 0.3 is 0 Å². The molecule has 0 amide bonds. The monoisotopic (exact) mass is 348 g/mol. The highest BCUT2D eigenvalue weighted by atomic mass is 35.5. The van der Waals surface area contributed by atoms with Crippen molar-refractivity contribution < 1.29 is 0 Å². The van der Waals surface area contributed by atoms with Crippen LogP contribution in [0.15, 0.2) is 48.0 Å². The van der Waals surface area contributed by atoms with Crippen LogP contribution in [-0.4, -0.2) is 9.97 Å². The third kappa shape index (κ3) is 3.74. The molecule has 0 saturated carbocycles. The predicted molar refractivity (Wildman–Crippen MR) is 92.0 cm³/mol. The molecular formula is C15H10Cl2N4S. The van der Waals surface area contributed by atoms with Gasteiger partial charge in [-0.2, -0.15) is 5.26 Å². The quantitative estimate of drug-likeness (QED) is 0.684. The lowest BCUT2D eigenvalue weighted by Gasteiger charge is -2.01. The molecular weight excluding hydrogens is 339 g/mol. The summed E-state index contributed by atoms with van der Waals surface area (Å²) in [6.45, 7) is 0. The normalized spacial score (nSPS) is 9.64. The smallest absolute Gasteiger partial charge is 0.187 e. The molecule has 0 unspecified atom stereocenters. The van der Waals surface area contributed by atoms with E-state index in [2.05, 4.69) is 21.4 Å². The minimum absolute atomic E-state index is 0. The molecule has 1 N–H and O–H groups in total. The van der Waals surface area contributed by atoms with Crippen LogP contribution in [0, 0.1) is 11.3 Å². The first-order valence-corrected chi connectivity index (χ1v) is 7.35. The summed E-state index contributed by atoms with van der Waals surface area (Å²) in [5.74, 6) is 0. The molecule has 0 spiro atoms. The number of pyridine rings is 1. The van der Waals surface area contributed by atoms with Gasteiger partial charge in [0.2, 0.25) is 0 Å². The number of thiazole rings is 1. The third-order valence-electron chi connectivity index (χ3n) is 2.79. The molecule has 0 aliphatic carbocycles. The van der Waals surface area contributed by atoms with E-state index in [4.69, 9.17) is 16.9 Å². The zero-order valence-electron chi connectivity index (χ0n) is 11.2. The number of benzene rings is 1. The lowest BCUT2D eigenvalue weighted by molar-refractivity contribution is 1.31. The Labute approximate surface area is 142 Å². The van der Waals surface area contributed by atoms with Crippen molar-refractivity contribution in [3.8, 4) is 17.3 Å². The van der Waals surface area contributed by atoms with Gasteiger partial charge in [-0.15, -0.1) is 23.7 Å². The van der Waals surface area contributed by atoms with Gasteiger partial charge in [0.05, 0.1) is 29.2 Å². The topological polar surface area (TPSA) is 61.6 Å². The number of nitriles is 1. The Bertz CT molecular complexity index is 792. The van der Waals surface area contributed by atoms with E-state index in [1.807, 2.05) is 23.6 Å². The number of aromatic nitrogens is 2. The Kier molecular flexibility index (Phi) is 5.34. The second-order valence-corrected chi connectivity index (χ2v) is 5.47. The van der Waals surface area contributed by atoms with Crippen molar-refractivity contribution in [3.05, 3.63) is 58.7 Å². The zero-order chi connectivity index (χ0) is 14.7. The average Bonchev–Trinajstić information content (AvgIpc) is 2.98. The van der Waals surface area contributed by atoms with Crippen LogP contribution in [0.2, 0.25) is 5.15 Å². The minimum Gasteiger partial charge on any atom is -0.330 e. The summed E-state index contributed by atoms with van der Waals surface area (Å²) < 4.78 is 0. The third-order valence-corrected chi connectivity index (χ3v) is 3.77. The first-order chi connectivity index (χ1) is 10.2. The lowest BCUT2D eigenvalue weighted by atomic mass is 10.1. The van der Waals surface area contributed by atoms with Crippen molar-refractivity contribution in [1.82, 2.24) is 9.97 Å². The molecule has 3 aromatic rings. The Morgan fingerprint density at radius 2 is 1.91 bits per heavy atom. The van der Waals surface area contributed by atoms with Gasteiger partial charge in [-0.05, 0) is 24.3 Å². The highest BCUT2D eigenvalue weighted by Crippen LogP contribution is 2.27. The number of rotatable bonds is 3. The summed E-state index contributed by atoms with van der Waals surface area (Å²) in [6, 6.07) is 13.0. The van der Waals surface area contributed by atoms with E-state index in [9.17, 15) is 0 Å². The Hall–Kier alpha value is -2.13. The van der Waals surface area contributed by atoms with E-state index in [1.165, 1.54) is 11.3 Å². The molecule has 3 rings (SSSR count). The van der Waals surface area contributed by atoms with Gasteiger partial charge in [-0.3, -0.25) is 0 Å². The van der Waals surface area contributed by atoms with Crippen LogP contribution < -0.4 is 5.32 Å². The summed E-state index contributed by atoms with van der Waals surface area (Å²) in [5, 5.41) is 15.2. The largest absolute Gasteiger partial charge is 0.330 e. The van der Waals surface area contributed by atoms with Crippen molar-refractivity contribution in [2.75, 3.05) is 5.32 Å². The fourth-order valence-corrected chi connectivity index (χ4v) is 2.60. The molecule has 0 atom stereocenters. The second-order valence-electron chi connectivity index (χ2n) is 4.22. The van der Waals surface area contributed by atoms with E-state index in [0.29, 0.717) is 10.7 Å². The molecule has 0 bridgehead atoms. The van der Waals surface area contributed by atoms with Crippen LogP contribution in [-0.2, 0) is 0 Å². The molecule has 4 nitrogen and oxygen atoms in total. The highest BCUT2D eigenvalue weighted by molar-refractivity contribution is 7.14. The molecule has 0 saturated heterocycles. The van der Waals surface area contributed by atoms with E-state index in [1.54, 1.807) is 24.4 Å². The fraction of sp³-hybridized carbons (Fsp3) is 0. The number of nitrogens with one attached hydrogen (secondary N) is 1. The molecule has 0 radical (unpaired) electrons. The first kappa shape index (κ1) is 16.2. The van der Waals surface area contributed by atoms with Crippen LogP contribution in [0.1, 0.15) is 5.56 Å². The molecule has 22 heavy (non-hydrogen) atoms. The van der Waals surface area contributed by atoms with Gasteiger partial charge in [0.1, 0.15) is 5.15 Å². The maximum Gasteiger partial charge on any atom is 0.187 e. The summed E-state index contributed by atoms with van der Waals surface area (Å²) in [4.78, 5) is 8.53. The number of hydrogen-bond donors (Lipinski definition) is 1. The molecule has 0 aliphatic heterocycles. The molecule has 110 valence electrons. The Morgan fingerprint density at radius 3 is 2.55 bits per heavy atom. The van der Waals surface area contributed by atoms with Crippen LogP contribution >= 0.6 is 35.3 Å². The van der Waals surface area contributed by atoms with Gasteiger partial charge in [0.15, 0.2) is 5.13 Å². The van der Waals surface area contributed by atoms with Gasteiger partial charge in [0.25, 0.3) is 0 Å². The van der Waals surface area contributed by atoms with Crippen molar-refractivity contribution in [2.45, 2.75) is 0 Å². The van der Waals surface area contributed by atoms with Crippen LogP contribution in [0.3, 0.4) is 0 Å². The SMILES string of the molecule is Cl.N#Cc1ccc(-c2csc(Nc3ccc(Cl)nc3)n2)cc1. The van der Waals surface area contributed by atoms with Crippen LogP contribution in [0.5, 0.6) is 0 Å². The number of hydrogen-bond acceptors (Lipinski definition) is 5. The molecule has 1 aromatic carbocycles. The van der Waals surface area contributed by atoms with Gasteiger partial charge in [0, 0.05) is 10.9 Å². The van der Waals surface area contributed by atoms with Gasteiger partial charge in [-0.25, -0.2) is 9.97 Å². The summed E-state index contributed by atoms with van der Waals surface area (Å²) in [7, 11) is 0. The fourth-order valence-electron chi connectivity index (χ4n) is 1.75. The van der Waals surface area contributed by atoms with Crippen molar-refractivity contribution >= 4 is 46.2 Å². The first-order valence-electron chi connectivity index (χ1n) is 6.09. The van der Waals surface area contributed by atoms with Crippen LogP contribution in [0.4, 0.5) is 10.8 Å². The van der Waals surface area contributed by atoms with Crippen LogP contribution in [0.25, 0.3) is 11.3 Å². The maximum absolute atomic E-state index is 8.80.